The van der Waals surface area contributed by atoms with Gasteiger partial charge in [0.1, 0.15) is 6.61 Å². The molecule has 1 aromatic rings. The van der Waals surface area contributed by atoms with Gasteiger partial charge in [0.2, 0.25) is 0 Å². The van der Waals surface area contributed by atoms with Crippen molar-refractivity contribution in [2.75, 3.05) is 6.61 Å². The van der Waals surface area contributed by atoms with Gasteiger partial charge in [0.25, 0.3) is 0 Å². The molecule has 0 bridgehead atoms. The summed E-state index contributed by atoms with van der Waals surface area (Å²) in [4.78, 5) is 5.13. The maximum atomic E-state index is 5.13. The summed E-state index contributed by atoms with van der Waals surface area (Å²) < 4.78 is 0. The minimum absolute atomic E-state index is 0.475. The molecule has 0 saturated carbocycles. The summed E-state index contributed by atoms with van der Waals surface area (Å²) in [5, 5.41) is 4.02. The lowest BCUT2D eigenvalue weighted by atomic mass is 10.1. The summed E-state index contributed by atoms with van der Waals surface area (Å²) in [6, 6.07) is 8.21. The molecule has 0 amide bonds. The highest BCUT2D eigenvalue weighted by Gasteiger charge is 1.96. The monoisotopic (exact) mass is 203 g/mol. The molecule has 0 spiro atoms. The first kappa shape index (κ1) is 11.5. The lowest BCUT2D eigenvalue weighted by Crippen LogP contribution is -1.97. The lowest BCUT2D eigenvalue weighted by Gasteiger charge is -2.02. The summed E-state index contributed by atoms with van der Waals surface area (Å²) >= 11 is 0. The van der Waals surface area contributed by atoms with Gasteiger partial charge in [-0.3, -0.25) is 0 Å². The highest BCUT2D eigenvalue weighted by Crippen LogP contribution is 2.05. The fourth-order valence-corrected chi connectivity index (χ4v) is 1.09. The predicted molar refractivity (Wildman–Crippen MR) is 64.2 cm³/mol. The minimum Gasteiger partial charge on any atom is -0.391 e. The van der Waals surface area contributed by atoms with Crippen molar-refractivity contribution in [2.45, 2.75) is 20.8 Å². The molecule has 0 atom stereocenters. The van der Waals surface area contributed by atoms with E-state index in [-0.39, 0.29) is 0 Å². The number of rotatable bonds is 4. The first-order valence-corrected chi connectivity index (χ1v) is 4.97. The van der Waals surface area contributed by atoms with Gasteiger partial charge < -0.3 is 4.84 Å². The Hall–Kier alpha value is -1.57. The van der Waals surface area contributed by atoms with Crippen LogP contribution in [-0.4, -0.2) is 12.3 Å². The molecule has 2 heteroatoms. The molecule has 1 aromatic carbocycles. The van der Waals surface area contributed by atoms with Crippen molar-refractivity contribution in [3.05, 3.63) is 47.5 Å². The zero-order valence-corrected chi connectivity index (χ0v) is 9.58. The maximum absolute atomic E-state index is 5.13. The zero-order chi connectivity index (χ0) is 11.3. The minimum atomic E-state index is 0.475. The molecule has 1 rings (SSSR count). The van der Waals surface area contributed by atoms with Gasteiger partial charge in [0.15, 0.2) is 0 Å². The topological polar surface area (TPSA) is 21.6 Å². The Labute approximate surface area is 91.3 Å². The summed E-state index contributed by atoms with van der Waals surface area (Å²) in [7, 11) is 0. The standard InChI is InChI=1S/C13H17NO/c1-10(2)9-15-14-12(4)13-7-5-11(3)6-8-13/h5-8H,1,9H2,2-4H3/b14-12+. The number of benzene rings is 1. The van der Waals surface area contributed by atoms with E-state index in [1.54, 1.807) is 0 Å². The summed E-state index contributed by atoms with van der Waals surface area (Å²) in [5.74, 6) is 0. The average molecular weight is 203 g/mol. The van der Waals surface area contributed by atoms with E-state index in [9.17, 15) is 0 Å². The van der Waals surface area contributed by atoms with Gasteiger partial charge in [0, 0.05) is 0 Å². The molecule has 0 aliphatic carbocycles. The molecule has 0 saturated heterocycles. The third kappa shape index (κ3) is 3.98. The van der Waals surface area contributed by atoms with Crippen molar-refractivity contribution in [3.8, 4) is 0 Å². The van der Waals surface area contributed by atoms with Gasteiger partial charge in [-0.2, -0.15) is 0 Å². The van der Waals surface area contributed by atoms with Gasteiger partial charge in [-0.15, -0.1) is 0 Å². The highest BCUT2D eigenvalue weighted by atomic mass is 16.6. The van der Waals surface area contributed by atoms with Crippen LogP contribution in [0.4, 0.5) is 0 Å². The predicted octanol–water partition coefficient (Wildman–Crippen LogP) is 3.31. The van der Waals surface area contributed by atoms with Crippen LogP contribution >= 0.6 is 0 Å². The summed E-state index contributed by atoms with van der Waals surface area (Å²) in [5.41, 5.74) is 4.18. The number of hydrogen-bond donors (Lipinski definition) is 0. The Morgan fingerprint density at radius 1 is 1.27 bits per heavy atom. The fraction of sp³-hybridized carbons (Fsp3) is 0.308. The second kappa shape index (κ2) is 5.35. The van der Waals surface area contributed by atoms with Crippen molar-refractivity contribution in [2.24, 2.45) is 5.16 Å². The Kier molecular flexibility index (Phi) is 4.10. The van der Waals surface area contributed by atoms with Crippen molar-refractivity contribution in [3.63, 3.8) is 0 Å². The molecular formula is C13H17NO. The van der Waals surface area contributed by atoms with Crippen LogP contribution in [0.3, 0.4) is 0 Å². The van der Waals surface area contributed by atoms with Crippen molar-refractivity contribution in [1.82, 2.24) is 0 Å². The van der Waals surface area contributed by atoms with E-state index in [0.717, 1.165) is 16.8 Å². The molecule has 0 radical (unpaired) electrons. The third-order valence-electron chi connectivity index (χ3n) is 1.98. The van der Waals surface area contributed by atoms with Crippen molar-refractivity contribution >= 4 is 5.71 Å². The van der Waals surface area contributed by atoms with E-state index in [1.165, 1.54) is 5.56 Å². The average Bonchev–Trinajstić information content (AvgIpc) is 2.18. The van der Waals surface area contributed by atoms with Crippen LogP contribution in [0.5, 0.6) is 0 Å². The molecule has 15 heavy (non-hydrogen) atoms. The molecule has 0 unspecified atom stereocenters. The maximum Gasteiger partial charge on any atom is 0.137 e. The smallest absolute Gasteiger partial charge is 0.137 e. The van der Waals surface area contributed by atoms with Crippen LogP contribution < -0.4 is 0 Å². The van der Waals surface area contributed by atoms with E-state index >= 15 is 0 Å². The van der Waals surface area contributed by atoms with Crippen LogP contribution in [-0.2, 0) is 4.84 Å². The van der Waals surface area contributed by atoms with Gasteiger partial charge >= 0.3 is 0 Å². The van der Waals surface area contributed by atoms with Gasteiger partial charge in [-0.25, -0.2) is 0 Å². The number of aryl methyl sites for hydroxylation is 1. The lowest BCUT2D eigenvalue weighted by molar-refractivity contribution is 0.168. The molecule has 0 heterocycles. The van der Waals surface area contributed by atoms with E-state index < -0.39 is 0 Å². The molecule has 2 nitrogen and oxygen atoms in total. The summed E-state index contributed by atoms with van der Waals surface area (Å²) in [6.07, 6.45) is 0. The van der Waals surface area contributed by atoms with Gasteiger partial charge in [-0.1, -0.05) is 41.6 Å². The number of oxime groups is 1. The van der Waals surface area contributed by atoms with Crippen molar-refractivity contribution < 1.29 is 4.84 Å². The van der Waals surface area contributed by atoms with E-state index in [2.05, 4.69) is 30.8 Å². The zero-order valence-electron chi connectivity index (χ0n) is 9.58. The largest absolute Gasteiger partial charge is 0.391 e. The Morgan fingerprint density at radius 2 is 1.87 bits per heavy atom. The van der Waals surface area contributed by atoms with Crippen LogP contribution in [0, 0.1) is 6.92 Å². The Morgan fingerprint density at radius 3 is 2.40 bits per heavy atom. The van der Waals surface area contributed by atoms with Crippen molar-refractivity contribution in [1.29, 1.82) is 0 Å². The molecule has 0 N–H and O–H groups in total. The highest BCUT2D eigenvalue weighted by molar-refractivity contribution is 5.98. The SMILES string of the molecule is C=C(C)CO/N=C(\C)c1ccc(C)cc1. The first-order valence-electron chi connectivity index (χ1n) is 4.97. The van der Waals surface area contributed by atoms with E-state index in [0.29, 0.717) is 6.61 Å². The van der Waals surface area contributed by atoms with Gasteiger partial charge in [0.05, 0.1) is 5.71 Å². The first-order chi connectivity index (χ1) is 7.09. The number of nitrogens with zero attached hydrogens (tertiary/aromatic N) is 1. The summed E-state index contributed by atoms with van der Waals surface area (Å²) in [6.45, 7) is 10.1. The Bertz CT molecular complexity index is 363. The second-order valence-corrected chi connectivity index (χ2v) is 3.77. The molecule has 80 valence electrons. The second-order valence-electron chi connectivity index (χ2n) is 3.77. The number of hydrogen-bond acceptors (Lipinski definition) is 2. The van der Waals surface area contributed by atoms with E-state index in [1.807, 2.05) is 26.0 Å². The molecule has 0 aliphatic heterocycles. The molecular weight excluding hydrogens is 186 g/mol. The van der Waals surface area contributed by atoms with Gasteiger partial charge in [-0.05, 0) is 31.9 Å². The third-order valence-corrected chi connectivity index (χ3v) is 1.98. The molecule has 0 fully saturated rings. The van der Waals surface area contributed by atoms with Crippen LogP contribution in [0.1, 0.15) is 25.0 Å². The molecule has 0 aromatic heterocycles. The Balaban J connectivity index is 2.63. The van der Waals surface area contributed by atoms with Crippen LogP contribution in [0.2, 0.25) is 0 Å². The molecule has 0 aliphatic rings. The fourth-order valence-electron chi connectivity index (χ4n) is 1.09. The quantitative estimate of drug-likeness (QED) is 0.418. The normalized spacial score (nSPS) is 11.3. The van der Waals surface area contributed by atoms with Crippen LogP contribution in [0.15, 0.2) is 41.6 Å². The van der Waals surface area contributed by atoms with Crippen LogP contribution in [0.25, 0.3) is 0 Å². The van der Waals surface area contributed by atoms with E-state index in [4.69, 9.17) is 4.84 Å².